The minimum absolute atomic E-state index is 0. The van der Waals surface area contributed by atoms with E-state index in [4.69, 9.17) is 5.73 Å². The maximum atomic E-state index is 12.4. The first-order chi connectivity index (χ1) is 12.1. The van der Waals surface area contributed by atoms with Gasteiger partial charge in [-0.3, -0.25) is 9.69 Å². The van der Waals surface area contributed by atoms with Crippen LogP contribution in [0.4, 0.5) is 0 Å². The van der Waals surface area contributed by atoms with Crippen LogP contribution in [0.1, 0.15) is 63.5 Å². The SMILES string of the molecule is CCN(CC)Cc1cccc(CNC(=O)CC2(CN)CCCCC2)c1.Cl.Cl. The molecule has 1 aromatic carbocycles. The molecule has 0 saturated heterocycles. The van der Waals surface area contributed by atoms with Crippen molar-refractivity contribution in [3.63, 3.8) is 0 Å². The highest BCUT2D eigenvalue weighted by molar-refractivity contribution is 5.85. The minimum Gasteiger partial charge on any atom is -0.352 e. The molecule has 1 fully saturated rings. The Morgan fingerprint density at radius 1 is 1.11 bits per heavy atom. The number of rotatable bonds is 9. The number of nitrogens with one attached hydrogen (secondary N) is 1. The number of hydrogen-bond donors (Lipinski definition) is 2. The Kier molecular flexibility index (Phi) is 13.0. The van der Waals surface area contributed by atoms with Gasteiger partial charge >= 0.3 is 0 Å². The zero-order valence-corrected chi connectivity index (χ0v) is 18.5. The van der Waals surface area contributed by atoms with Crippen LogP contribution in [0, 0.1) is 5.41 Å². The molecule has 2 rings (SSSR count). The fourth-order valence-electron chi connectivity index (χ4n) is 3.90. The van der Waals surface area contributed by atoms with E-state index in [0.717, 1.165) is 32.5 Å². The highest BCUT2D eigenvalue weighted by Gasteiger charge is 2.32. The standard InChI is InChI=1S/C21H35N3O.2ClH/c1-3-24(4-2)16-19-10-8-9-18(13-19)15-23-20(25)14-21(17-22)11-6-5-7-12-21;;/h8-10,13H,3-7,11-12,14-17,22H2,1-2H3,(H,23,25);2*1H. The van der Waals surface area contributed by atoms with E-state index in [9.17, 15) is 4.79 Å². The summed E-state index contributed by atoms with van der Waals surface area (Å²) in [5.74, 6) is 0.140. The third-order valence-corrected chi connectivity index (χ3v) is 5.66. The van der Waals surface area contributed by atoms with E-state index in [1.807, 2.05) is 0 Å². The molecule has 1 amide bonds. The van der Waals surface area contributed by atoms with Crippen molar-refractivity contribution in [1.29, 1.82) is 0 Å². The fraction of sp³-hybridized carbons (Fsp3) is 0.667. The van der Waals surface area contributed by atoms with E-state index >= 15 is 0 Å². The van der Waals surface area contributed by atoms with Crippen LogP contribution in [0.25, 0.3) is 0 Å². The van der Waals surface area contributed by atoms with Crippen molar-refractivity contribution in [2.24, 2.45) is 11.1 Å². The van der Waals surface area contributed by atoms with E-state index in [0.29, 0.717) is 19.5 Å². The molecule has 156 valence electrons. The molecule has 1 aliphatic rings. The van der Waals surface area contributed by atoms with Gasteiger partial charge in [-0.15, -0.1) is 24.8 Å². The maximum absolute atomic E-state index is 12.4. The first-order valence-corrected chi connectivity index (χ1v) is 9.88. The molecule has 1 saturated carbocycles. The van der Waals surface area contributed by atoms with Gasteiger partial charge in [0.2, 0.25) is 5.91 Å². The monoisotopic (exact) mass is 417 g/mol. The number of benzene rings is 1. The van der Waals surface area contributed by atoms with Gasteiger partial charge in [0, 0.05) is 19.5 Å². The Balaban J connectivity index is 0.00000338. The maximum Gasteiger partial charge on any atom is 0.220 e. The summed E-state index contributed by atoms with van der Waals surface area (Å²) in [7, 11) is 0. The summed E-state index contributed by atoms with van der Waals surface area (Å²) in [6.07, 6.45) is 6.45. The van der Waals surface area contributed by atoms with E-state index < -0.39 is 0 Å². The zero-order valence-electron chi connectivity index (χ0n) is 16.8. The molecule has 1 aliphatic carbocycles. The van der Waals surface area contributed by atoms with Gasteiger partial charge in [0.25, 0.3) is 0 Å². The number of hydrogen-bond acceptors (Lipinski definition) is 3. The van der Waals surface area contributed by atoms with Crippen LogP contribution in [0.2, 0.25) is 0 Å². The van der Waals surface area contributed by atoms with Crippen molar-refractivity contribution >= 4 is 30.7 Å². The van der Waals surface area contributed by atoms with E-state index in [1.165, 1.54) is 30.4 Å². The van der Waals surface area contributed by atoms with Crippen molar-refractivity contribution in [3.8, 4) is 0 Å². The lowest BCUT2D eigenvalue weighted by Crippen LogP contribution is -2.38. The topological polar surface area (TPSA) is 58.4 Å². The van der Waals surface area contributed by atoms with Crippen molar-refractivity contribution in [2.75, 3.05) is 19.6 Å². The average Bonchev–Trinajstić information content (AvgIpc) is 2.65. The zero-order chi connectivity index (χ0) is 18.1. The van der Waals surface area contributed by atoms with Crippen LogP contribution in [0.3, 0.4) is 0 Å². The summed E-state index contributed by atoms with van der Waals surface area (Å²) in [4.78, 5) is 14.8. The molecule has 27 heavy (non-hydrogen) atoms. The van der Waals surface area contributed by atoms with Crippen LogP contribution in [-0.4, -0.2) is 30.4 Å². The number of halogens is 2. The molecule has 0 spiro atoms. The summed E-state index contributed by atoms with van der Waals surface area (Å²) in [5, 5.41) is 3.11. The molecule has 1 aromatic rings. The molecular formula is C21H37Cl2N3O. The molecular weight excluding hydrogens is 381 g/mol. The predicted octanol–water partition coefficient (Wildman–Crippen LogP) is 4.29. The van der Waals surface area contributed by atoms with Crippen LogP contribution < -0.4 is 11.1 Å². The first kappa shape index (κ1) is 26.2. The molecule has 0 aromatic heterocycles. The molecule has 0 unspecified atom stereocenters. The van der Waals surface area contributed by atoms with Gasteiger partial charge in [-0.2, -0.15) is 0 Å². The minimum atomic E-state index is 0. The van der Waals surface area contributed by atoms with Crippen molar-refractivity contribution in [1.82, 2.24) is 10.2 Å². The van der Waals surface area contributed by atoms with E-state index in [1.54, 1.807) is 0 Å². The molecule has 4 nitrogen and oxygen atoms in total. The largest absolute Gasteiger partial charge is 0.352 e. The summed E-state index contributed by atoms with van der Waals surface area (Å²) < 4.78 is 0. The quantitative estimate of drug-likeness (QED) is 0.629. The van der Waals surface area contributed by atoms with Crippen molar-refractivity contribution < 1.29 is 4.79 Å². The van der Waals surface area contributed by atoms with Crippen molar-refractivity contribution in [2.45, 2.75) is 65.5 Å². The van der Waals surface area contributed by atoms with Gasteiger partial charge in [-0.05, 0) is 49.0 Å². The second-order valence-electron chi connectivity index (χ2n) is 7.50. The predicted molar refractivity (Wildman–Crippen MR) is 119 cm³/mol. The molecule has 0 atom stereocenters. The lowest BCUT2D eigenvalue weighted by molar-refractivity contribution is -0.124. The fourth-order valence-corrected chi connectivity index (χ4v) is 3.90. The summed E-state index contributed by atoms with van der Waals surface area (Å²) in [6.45, 7) is 8.67. The van der Waals surface area contributed by atoms with Gasteiger partial charge in [0.1, 0.15) is 0 Å². The average molecular weight is 418 g/mol. The normalized spacial score (nSPS) is 15.6. The molecule has 0 radical (unpaired) electrons. The van der Waals surface area contributed by atoms with Crippen LogP contribution in [0.15, 0.2) is 24.3 Å². The molecule has 0 aliphatic heterocycles. The molecule has 0 bridgehead atoms. The Labute approximate surface area is 177 Å². The summed E-state index contributed by atoms with van der Waals surface area (Å²) in [6, 6.07) is 8.54. The number of carbonyl (C=O) groups is 1. The van der Waals surface area contributed by atoms with Gasteiger partial charge in [-0.1, -0.05) is 57.4 Å². The van der Waals surface area contributed by atoms with Gasteiger partial charge in [-0.25, -0.2) is 0 Å². The second kappa shape index (κ2) is 13.4. The third-order valence-electron chi connectivity index (χ3n) is 5.66. The van der Waals surface area contributed by atoms with Crippen LogP contribution in [0.5, 0.6) is 0 Å². The Morgan fingerprint density at radius 2 is 1.74 bits per heavy atom. The smallest absolute Gasteiger partial charge is 0.220 e. The lowest BCUT2D eigenvalue weighted by Gasteiger charge is -2.35. The van der Waals surface area contributed by atoms with Crippen LogP contribution >= 0.6 is 24.8 Å². The number of nitrogens with two attached hydrogens (primary N) is 1. The Hall–Kier alpha value is -0.810. The summed E-state index contributed by atoms with van der Waals surface area (Å²) >= 11 is 0. The summed E-state index contributed by atoms with van der Waals surface area (Å²) in [5.41, 5.74) is 8.51. The highest BCUT2D eigenvalue weighted by atomic mass is 35.5. The number of amides is 1. The Bertz CT molecular complexity index is 544. The number of carbonyl (C=O) groups excluding carboxylic acids is 1. The van der Waals surface area contributed by atoms with E-state index in [-0.39, 0.29) is 36.1 Å². The van der Waals surface area contributed by atoms with Gasteiger partial charge < -0.3 is 11.1 Å². The van der Waals surface area contributed by atoms with Crippen LogP contribution in [-0.2, 0) is 17.9 Å². The first-order valence-electron chi connectivity index (χ1n) is 9.88. The van der Waals surface area contributed by atoms with Gasteiger partial charge in [0.15, 0.2) is 0 Å². The highest BCUT2D eigenvalue weighted by Crippen LogP contribution is 2.38. The molecule has 3 N–H and O–H groups in total. The molecule has 6 heteroatoms. The van der Waals surface area contributed by atoms with E-state index in [2.05, 4.69) is 48.3 Å². The number of nitrogens with zero attached hydrogens (tertiary/aromatic N) is 1. The molecule has 0 heterocycles. The second-order valence-corrected chi connectivity index (χ2v) is 7.50. The Morgan fingerprint density at radius 3 is 2.33 bits per heavy atom. The van der Waals surface area contributed by atoms with Crippen molar-refractivity contribution in [3.05, 3.63) is 35.4 Å². The third kappa shape index (κ3) is 8.39. The lowest BCUT2D eigenvalue weighted by atomic mass is 9.71. The van der Waals surface area contributed by atoms with Gasteiger partial charge in [0.05, 0.1) is 0 Å².